The molecule has 2 aromatic carbocycles. The van der Waals surface area contributed by atoms with Crippen molar-refractivity contribution in [2.24, 2.45) is 0 Å². The molecule has 0 amide bonds. The number of nitrogens with one attached hydrogen (secondary N) is 1. The zero-order valence-electron chi connectivity index (χ0n) is 12.7. The first kappa shape index (κ1) is 17.3. The van der Waals surface area contributed by atoms with Crippen molar-refractivity contribution in [3.63, 3.8) is 0 Å². The van der Waals surface area contributed by atoms with Gasteiger partial charge in [0.25, 0.3) is 10.0 Å². The number of sulfonamides is 1. The van der Waals surface area contributed by atoms with Crippen molar-refractivity contribution in [2.45, 2.75) is 16.7 Å². The first-order valence-corrected chi connectivity index (χ1v) is 9.37. The van der Waals surface area contributed by atoms with Gasteiger partial charge in [-0.15, -0.1) is 18.3 Å². The van der Waals surface area contributed by atoms with E-state index in [0.717, 1.165) is 4.90 Å². The smallest absolute Gasteiger partial charge is 0.261 e. The standard InChI is InChI=1S/C17H17NO3S2/c1-3-11-22-17-10-5-4-9-16(17)18-23(20,21)15-8-6-7-14(12-15)13(2)19/h3-10,12,18H,1,11H2,2H3. The summed E-state index contributed by atoms with van der Waals surface area (Å²) in [7, 11) is -3.76. The van der Waals surface area contributed by atoms with Crippen molar-refractivity contribution < 1.29 is 13.2 Å². The van der Waals surface area contributed by atoms with E-state index in [1.54, 1.807) is 30.3 Å². The number of hydrogen-bond donors (Lipinski definition) is 1. The van der Waals surface area contributed by atoms with Gasteiger partial charge in [0.05, 0.1) is 10.6 Å². The second-order valence-electron chi connectivity index (χ2n) is 4.79. The normalized spacial score (nSPS) is 11.0. The highest BCUT2D eigenvalue weighted by molar-refractivity contribution is 7.99. The fraction of sp³-hybridized carbons (Fsp3) is 0.118. The molecule has 0 spiro atoms. The van der Waals surface area contributed by atoms with E-state index in [4.69, 9.17) is 0 Å². The van der Waals surface area contributed by atoms with Crippen LogP contribution in [-0.4, -0.2) is 20.0 Å². The summed E-state index contributed by atoms with van der Waals surface area (Å²) in [6, 6.07) is 13.2. The topological polar surface area (TPSA) is 63.2 Å². The summed E-state index contributed by atoms with van der Waals surface area (Å²) in [5.41, 5.74) is 0.870. The van der Waals surface area contributed by atoms with Crippen molar-refractivity contribution in [2.75, 3.05) is 10.5 Å². The Labute approximate surface area is 140 Å². The van der Waals surface area contributed by atoms with Crippen LogP contribution in [0.5, 0.6) is 0 Å². The zero-order valence-corrected chi connectivity index (χ0v) is 14.3. The van der Waals surface area contributed by atoms with Gasteiger partial charge >= 0.3 is 0 Å². The van der Waals surface area contributed by atoms with Gasteiger partial charge in [-0.2, -0.15) is 0 Å². The summed E-state index contributed by atoms with van der Waals surface area (Å²) < 4.78 is 27.7. The highest BCUT2D eigenvalue weighted by Crippen LogP contribution is 2.29. The van der Waals surface area contributed by atoms with Crippen molar-refractivity contribution in [1.29, 1.82) is 0 Å². The number of hydrogen-bond acceptors (Lipinski definition) is 4. The van der Waals surface area contributed by atoms with Crippen molar-refractivity contribution >= 4 is 33.3 Å². The highest BCUT2D eigenvalue weighted by atomic mass is 32.2. The van der Waals surface area contributed by atoms with E-state index in [1.807, 2.05) is 12.1 Å². The second kappa shape index (κ2) is 7.48. The molecule has 0 atom stereocenters. The van der Waals surface area contributed by atoms with Crippen LogP contribution in [0, 0.1) is 0 Å². The van der Waals surface area contributed by atoms with E-state index >= 15 is 0 Å². The summed E-state index contributed by atoms with van der Waals surface area (Å²) in [5, 5.41) is 0. The molecule has 0 aliphatic carbocycles. The molecular formula is C17H17NO3S2. The van der Waals surface area contributed by atoms with Crippen LogP contribution in [0.15, 0.2) is 71.0 Å². The van der Waals surface area contributed by atoms with Gasteiger partial charge in [0.2, 0.25) is 0 Å². The number of para-hydroxylation sites is 1. The van der Waals surface area contributed by atoms with Gasteiger partial charge < -0.3 is 0 Å². The van der Waals surface area contributed by atoms with E-state index in [-0.39, 0.29) is 10.7 Å². The van der Waals surface area contributed by atoms with Gasteiger partial charge in [-0.3, -0.25) is 9.52 Å². The van der Waals surface area contributed by atoms with E-state index in [9.17, 15) is 13.2 Å². The number of Topliss-reactive ketones (excluding diaryl/α,β-unsaturated/α-hetero) is 1. The lowest BCUT2D eigenvalue weighted by Crippen LogP contribution is -2.14. The number of rotatable bonds is 7. The average Bonchev–Trinajstić information content (AvgIpc) is 2.54. The molecule has 0 unspecified atom stereocenters. The van der Waals surface area contributed by atoms with Crippen molar-refractivity contribution in [3.05, 3.63) is 66.7 Å². The molecule has 1 N–H and O–H groups in total. The Morgan fingerprint density at radius 3 is 2.65 bits per heavy atom. The van der Waals surface area contributed by atoms with Crippen LogP contribution < -0.4 is 4.72 Å². The summed E-state index contributed by atoms with van der Waals surface area (Å²) in [6.45, 7) is 5.07. The molecule has 4 nitrogen and oxygen atoms in total. The molecule has 0 aromatic heterocycles. The van der Waals surface area contributed by atoms with Crippen LogP contribution in [0.3, 0.4) is 0 Å². The van der Waals surface area contributed by atoms with Crippen LogP contribution >= 0.6 is 11.8 Å². The highest BCUT2D eigenvalue weighted by Gasteiger charge is 2.17. The number of thioether (sulfide) groups is 1. The lowest BCUT2D eigenvalue weighted by Gasteiger charge is -2.12. The van der Waals surface area contributed by atoms with Gasteiger partial charge in [-0.1, -0.05) is 30.3 Å². The molecular weight excluding hydrogens is 330 g/mol. The third kappa shape index (κ3) is 4.46. The summed E-state index contributed by atoms with van der Waals surface area (Å²) >= 11 is 1.49. The Morgan fingerprint density at radius 1 is 1.22 bits per heavy atom. The molecule has 23 heavy (non-hydrogen) atoms. The van der Waals surface area contributed by atoms with E-state index in [2.05, 4.69) is 11.3 Å². The minimum Gasteiger partial charge on any atom is -0.295 e. The van der Waals surface area contributed by atoms with Crippen molar-refractivity contribution in [3.8, 4) is 0 Å². The first-order chi connectivity index (χ1) is 10.9. The minimum absolute atomic E-state index is 0.0636. The Morgan fingerprint density at radius 2 is 1.96 bits per heavy atom. The molecule has 2 aromatic rings. The largest absolute Gasteiger partial charge is 0.295 e. The predicted molar refractivity (Wildman–Crippen MR) is 94.6 cm³/mol. The Bertz CT molecular complexity index is 829. The average molecular weight is 347 g/mol. The van der Waals surface area contributed by atoms with Crippen LogP contribution in [0.4, 0.5) is 5.69 Å². The maximum atomic E-state index is 12.6. The van der Waals surface area contributed by atoms with Crippen LogP contribution in [0.1, 0.15) is 17.3 Å². The van der Waals surface area contributed by atoms with E-state index < -0.39 is 10.0 Å². The molecule has 0 fully saturated rings. The fourth-order valence-electron chi connectivity index (χ4n) is 1.91. The fourth-order valence-corrected chi connectivity index (χ4v) is 3.85. The zero-order chi connectivity index (χ0) is 16.9. The maximum Gasteiger partial charge on any atom is 0.261 e. The van der Waals surface area contributed by atoms with Crippen LogP contribution in [0.25, 0.3) is 0 Å². The Kier molecular flexibility index (Phi) is 5.63. The van der Waals surface area contributed by atoms with Gasteiger partial charge in [-0.25, -0.2) is 8.42 Å². The number of anilines is 1. The van der Waals surface area contributed by atoms with Crippen molar-refractivity contribution in [1.82, 2.24) is 0 Å². The van der Waals surface area contributed by atoms with Crippen LogP contribution in [-0.2, 0) is 10.0 Å². The maximum absolute atomic E-state index is 12.6. The van der Waals surface area contributed by atoms with Crippen LogP contribution in [0.2, 0.25) is 0 Å². The molecule has 0 heterocycles. The molecule has 0 saturated carbocycles. The van der Waals surface area contributed by atoms with Gasteiger partial charge in [0, 0.05) is 16.2 Å². The third-order valence-corrected chi connectivity index (χ3v) is 5.47. The molecule has 6 heteroatoms. The molecule has 0 saturated heterocycles. The lowest BCUT2D eigenvalue weighted by molar-refractivity contribution is 0.101. The number of carbonyl (C=O) groups excluding carboxylic acids is 1. The predicted octanol–water partition coefficient (Wildman–Crippen LogP) is 3.97. The minimum atomic E-state index is -3.76. The quantitative estimate of drug-likeness (QED) is 0.468. The molecule has 0 aliphatic rings. The number of carbonyl (C=O) groups is 1. The molecule has 0 bridgehead atoms. The Hall–Kier alpha value is -2.05. The number of ketones is 1. The molecule has 0 aliphatic heterocycles. The number of benzene rings is 2. The Balaban J connectivity index is 2.33. The summed E-state index contributed by atoms with van der Waals surface area (Å²) in [4.78, 5) is 12.3. The first-order valence-electron chi connectivity index (χ1n) is 6.90. The summed E-state index contributed by atoms with van der Waals surface area (Å²) in [6.07, 6.45) is 1.76. The molecule has 2 rings (SSSR count). The molecule has 120 valence electrons. The molecule has 0 radical (unpaired) electrons. The second-order valence-corrected chi connectivity index (χ2v) is 7.53. The monoisotopic (exact) mass is 347 g/mol. The third-order valence-electron chi connectivity index (χ3n) is 3.04. The van der Waals surface area contributed by atoms with Gasteiger partial charge in [0.1, 0.15) is 0 Å². The summed E-state index contributed by atoms with van der Waals surface area (Å²) in [5.74, 6) is 0.502. The van der Waals surface area contributed by atoms with Gasteiger partial charge in [0.15, 0.2) is 5.78 Å². The lowest BCUT2D eigenvalue weighted by atomic mass is 10.2. The SMILES string of the molecule is C=CCSc1ccccc1NS(=O)(=O)c1cccc(C(C)=O)c1. The van der Waals surface area contributed by atoms with E-state index in [1.165, 1.54) is 30.8 Å². The van der Waals surface area contributed by atoms with Gasteiger partial charge in [-0.05, 0) is 31.2 Å². The van der Waals surface area contributed by atoms with E-state index in [0.29, 0.717) is 17.0 Å².